The molecule has 2 aromatic rings. The van der Waals surface area contributed by atoms with E-state index in [9.17, 15) is 4.79 Å². The third-order valence-corrected chi connectivity index (χ3v) is 2.98. The van der Waals surface area contributed by atoms with Crippen molar-refractivity contribution in [2.75, 3.05) is 12.9 Å². The molecule has 0 atom stereocenters. The van der Waals surface area contributed by atoms with Gasteiger partial charge in [0.15, 0.2) is 5.16 Å². The number of hydrogen-bond donors (Lipinski definition) is 1. The maximum absolute atomic E-state index is 10.5. The summed E-state index contributed by atoms with van der Waals surface area (Å²) in [6.45, 7) is 0. The van der Waals surface area contributed by atoms with E-state index < -0.39 is 5.97 Å². The van der Waals surface area contributed by atoms with Crippen LogP contribution in [0.3, 0.4) is 0 Å². The van der Waals surface area contributed by atoms with Crippen LogP contribution >= 0.6 is 11.8 Å². The number of hydrogen-bond acceptors (Lipinski definition) is 6. The first-order valence-corrected chi connectivity index (χ1v) is 5.94. The molecule has 0 radical (unpaired) electrons. The minimum absolute atomic E-state index is 0.0672. The molecule has 2 aromatic heterocycles. The molecular weight excluding hydrogens is 256 g/mol. The summed E-state index contributed by atoms with van der Waals surface area (Å²) in [5.74, 6) is -0.462. The van der Waals surface area contributed by atoms with Gasteiger partial charge in [-0.3, -0.25) is 9.36 Å². The Labute approximate surface area is 107 Å². The van der Waals surface area contributed by atoms with Crippen molar-refractivity contribution >= 4 is 17.7 Å². The van der Waals surface area contributed by atoms with Crippen LogP contribution in [0.1, 0.15) is 0 Å². The summed E-state index contributed by atoms with van der Waals surface area (Å²) in [4.78, 5) is 14.6. The van der Waals surface area contributed by atoms with Crippen molar-refractivity contribution in [3.63, 3.8) is 0 Å². The normalized spacial score (nSPS) is 10.3. The lowest BCUT2D eigenvalue weighted by Crippen LogP contribution is -2.01. The van der Waals surface area contributed by atoms with E-state index in [1.54, 1.807) is 22.9 Å². The molecule has 0 unspecified atom stereocenters. The predicted octanol–water partition coefficient (Wildman–Crippen LogP) is 0.848. The average Bonchev–Trinajstić information content (AvgIpc) is 2.85. The zero-order chi connectivity index (χ0) is 13.0. The van der Waals surface area contributed by atoms with Gasteiger partial charge in [-0.15, -0.1) is 10.2 Å². The van der Waals surface area contributed by atoms with Crippen LogP contribution in [0.5, 0.6) is 5.88 Å². The molecule has 0 aliphatic heterocycles. The summed E-state index contributed by atoms with van der Waals surface area (Å²) in [6, 6.07) is 3.50. The fraction of sp³-hybridized carbons (Fsp3) is 0.200. The smallest absolute Gasteiger partial charge is 0.313 e. The van der Waals surface area contributed by atoms with Crippen LogP contribution in [0.25, 0.3) is 5.69 Å². The largest absolute Gasteiger partial charge is 0.481 e. The zero-order valence-electron chi connectivity index (χ0n) is 9.48. The van der Waals surface area contributed by atoms with Crippen molar-refractivity contribution in [1.29, 1.82) is 0 Å². The molecule has 94 valence electrons. The van der Waals surface area contributed by atoms with Crippen LogP contribution in [0.2, 0.25) is 0 Å². The van der Waals surface area contributed by atoms with Gasteiger partial charge < -0.3 is 9.84 Å². The lowest BCUT2D eigenvalue weighted by atomic mass is 10.4. The van der Waals surface area contributed by atoms with Gasteiger partial charge in [0.2, 0.25) is 5.88 Å². The number of carboxylic acid groups (broad SMARTS) is 1. The lowest BCUT2D eigenvalue weighted by Gasteiger charge is -2.05. The van der Waals surface area contributed by atoms with E-state index in [4.69, 9.17) is 9.84 Å². The highest BCUT2D eigenvalue weighted by molar-refractivity contribution is 7.99. The Morgan fingerprint density at radius 2 is 2.39 bits per heavy atom. The fourth-order valence-electron chi connectivity index (χ4n) is 1.26. The first-order chi connectivity index (χ1) is 8.70. The second-order valence-electron chi connectivity index (χ2n) is 3.22. The van der Waals surface area contributed by atoms with Crippen molar-refractivity contribution in [1.82, 2.24) is 19.7 Å². The van der Waals surface area contributed by atoms with Gasteiger partial charge in [0, 0.05) is 6.07 Å². The highest BCUT2D eigenvalue weighted by Crippen LogP contribution is 2.19. The van der Waals surface area contributed by atoms with E-state index >= 15 is 0 Å². The van der Waals surface area contributed by atoms with E-state index in [0.717, 1.165) is 17.4 Å². The van der Waals surface area contributed by atoms with Gasteiger partial charge in [0.25, 0.3) is 0 Å². The number of ether oxygens (including phenoxy) is 1. The molecule has 1 N–H and O–H groups in total. The summed E-state index contributed by atoms with van der Waals surface area (Å²) < 4.78 is 6.63. The number of rotatable bonds is 5. The zero-order valence-corrected chi connectivity index (χ0v) is 10.3. The number of aliphatic carboxylic acids is 1. The van der Waals surface area contributed by atoms with Crippen LogP contribution < -0.4 is 4.74 Å². The Balaban J connectivity index is 2.21. The van der Waals surface area contributed by atoms with E-state index in [0.29, 0.717) is 11.0 Å². The summed E-state index contributed by atoms with van der Waals surface area (Å²) in [5, 5.41) is 16.8. The standard InChI is InChI=1S/C10H10N4O3S/c1-17-8-3-2-7(4-11-8)14-6-12-13-10(14)18-5-9(15)16/h2-4,6H,5H2,1H3,(H,15,16). The van der Waals surface area contributed by atoms with Gasteiger partial charge in [0.05, 0.1) is 24.7 Å². The molecule has 8 heteroatoms. The fourth-order valence-corrected chi connectivity index (χ4v) is 1.91. The third kappa shape index (κ3) is 2.77. The number of aromatic nitrogens is 4. The maximum Gasteiger partial charge on any atom is 0.313 e. The second-order valence-corrected chi connectivity index (χ2v) is 4.17. The number of carboxylic acids is 1. The van der Waals surface area contributed by atoms with E-state index in [2.05, 4.69) is 15.2 Å². The van der Waals surface area contributed by atoms with Crippen LogP contribution in [0.4, 0.5) is 0 Å². The molecule has 0 fully saturated rings. The van der Waals surface area contributed by atoms with Crippen molar-refractivity contribution in [3.05, 3.63) is 24.7 Å². The topological polar surface area (TPSA) is 90.1 Å². The van der Waals surface area contributed by atoms with Crippen LogP contribution in [-0.2, 0) is 4.79 Å². The summed E-state index contributed by atoms with van der Waals surface area (Å²) in [6.07, 6.45) is 3.11. The van der Waals surface area contributed by atoms with Gasteiger partial charge in [-0.1, -0.05) is 11.8 Å². The third-order valence-electron chi connectivity index (χ3n) is 2.05. The minimum Gasteiger partial charge on any atom is -0.481 e. The van der Waals surface area contributed by atoms with Gasteiger partial charge >= 0.3 is 5.97 Å². The molecule has 0 saturated heterocycles. The molecule has 0 saturated carbocycles. The Morgan fingerprint density at radius 1 is 1.56 bits per heavy atom. The van der Waals surface area contributed by atoms with Gasteiger partial charge in [0.1, 0.15) is 6.33 Å². The number of thioether (sulfide) groups is 1. The molecule has 0 aromatic carbocycles. The van der Waals surface area contributed by atoms with Crippen LogP contribution in [-0.4, -0.2) is 43.7 Å². The summed E-state index contributed by atoms with van der Waals surface area (Å²) >= 11 is 1.10. The number of methoxy groups -OCH3 is 1. The first-order valence-electron chi connectivity index (χ1n) is 4.95. The number of nitrogens with zero attached hydrogens (tertiary/aromatic N) is 4. The van der Waals surface area contributed by atoms with Crippen molar-refractivity contribution in [2.24, 2.45) is 0 Å². The Kier molecular flexibility index (Phi) is 3.78. The van der Waals surface area contributed by atoms with Crippen LogP contribution in [0.15, 0.2) is 29.8 Å². The molecule has 0 aliphatic rings. The Bertz CT molecular complexity index is 540. The summed E-state index contributed by atoms with van der Waals surface area (Å²) in [7, 11) is 1.54. The lowest BCUT2D eigenvalue weighted by molar-refractivity contribution is -0.133. The van der Waals surface area contributed by atoms with Gasteiger partial charge in [-0.25, -0.2) is 4.98 Å². The molecule has 2 rings (SSSR count). The number of carbonyl (C=O) groups is 1. The predicted molar refractivity (Wildman–Crippen MR) is 64.1 cm³/mol. The van der Waals surface area contributed by atoms with Crippen LogP contribution in [0, 0.1) is 0 Å². The molecular formula is C10H10N4O3S. The molecule has 0 spiro atoms. The van der Waals surface area contributed by atoms with Crippen molar-refractivity contribution in [2.45, 2.75) is 5.16 Å². The second kappa shape index (κ2) is 5.50. The SMILES string of the molecule is COc1ccc(-n2cnnc2SCC(=O)O)cn1. The van der Waals surface area contributed by atoms with E-state index in [-0.39, 0.29) is 5.75 Å². The molecule has 7 nitrogen and oxygen atoms in total. The molecule has 2 heterocycles. The Hall–Kier alpha value is -2.09. The average molecular weight is 266 g/mol. The molecule has 0 aliphatic carbocycles. The quantitative estimate of drug-likeness (QED) is 0.802. The van der Waals surface area contributed by atoms with Crippen molar-refractivity contribution in [3.8, 4) is 11.6 Å². The first kappa shape index (κ1) is 12.4. The molecule has 0 bridgehead atoms. The maximum atomic E-state index is 10.5. The minimum atomic E-state index is -0.901. The van der Waals surface area contributed by atoms with Crippen molar-refractivity contribution < 1.29 is 14.6 Å². The molecule has 0 amide bonds. The summed E-state index contributed by atoms with van der Waals surface area (Å²) in [5.41, 5.74) is 0.744. The van der Waals surface area contributed by atoms with E-state index in [1.807, 2.05) is 0 Å². The molecule has 18 heavy (non-hydrogen) atoms. The highest BCUT2D eigenvalue weighted by Gasteiger charge is 2.09. The van der Waals surface area contributed by atoms with Gasteiger partial charge in [-0.05, 0) is 6.07 Å². The highest BCUT2D eigenvalue weighted by atomic mass is 32.2. The van der Waals surface area contributed by atoms with E-state index in [1.165, 1.54) is 13.4 Å². The number of pyridine rings is 1. The monoisotopic (exact) mass is 266 g/mol. The Morgan fingerprint density at radius 3 is 3.00 bits per heavy atom. The van der Waals surface area contributed by atoms with Gasteiger partial charge in [-0.2, -0.15) is 0 Å².